The molecule has 3 fully saturated rings. The number of nitrogens with one attached hydrogen (secondary N) is 2. The van der Waals surface area contributed by atoms with E-state index >= 15 is 0 Å². The summed E-state index contributed by atoms with van der Waals surface area (Å²) in [6.45, 7) is 6.11. The lowest BCUT2D eigenvalue weighted by molar-refractivity contribution is -0.139. The number of hydrogen-bond acceptors (Lipinski definition) is 24. The number of carbonyl (C=O) groups is 4. The number of piperazine rings is 1. The van der Waals surface area contributed by atoms with Crippen LogP contribution in [0.1, 0.15) is 185 Å². The molecule has 0 spiro atoms. The third-order valence-electron chi connectivity index (χ3n) is 19.1. The number of alkyl halides is 9. The van der Waals surface area contributed by atoms with E-state index in [-0.39, 0.29) is 104 Å². The number of ether oxygens (including phenoxy) is 2. The Morgan fingerprint density at radius 3 is 1.49 bits per heavy atom. The maximum Gasteiger partial charge on any atom is 0.418 e. The number of aromatic nitrogens is 8. The highest BCUT2D eigenvalue weighted by Gasteiger charge is 2.41. The van der Waals surface area contributed by atoms with Crippen molar-refractivity contribution in [3.05, 3.63) is 261 Å². The van der Waals surface area contributed by atoms with Gasteiger partial charge in [-0.1, -0.05) is 99.2 Å². The monoisotopic (exact) mass is 1610 g/mol. The van der Waals surface area contributed by atoms with Gasteiger partial charge < -0.3 is 65.1 Å². The fourth-order valence-corrected chi connectivity index (χ4v) is 12.6. The highest BCUT2D eigenvalue weighted by Crippen LogP contribution is 2.39. The molecular weight excluding hydrogens is 1500 g/mol. The van der Waals surface area contributed by atoms with Crippen LogP contribution in [0.25, 0.3) is 0 Å². The molecule has 0 radical (unpaired) electrons. The summed E-state index contributed by atoms with van der Waals surface area (Å²) in [7, 11) is 0. The Balaban J connectivity index is 0. The van der Waals surface area contributed by atoms with Crippen LogP contribution < -0.4 is 65.1 Å². The first-order valence-corrected chi connectivity index (χ1v) is 36.4. The number of pyridine rings is 8. The number of nitrogens with zero attached hydrogens (tertiary/aromatic N) is 9. The predicted octanol–water partition coefficient (Wildman–Crippen LogP) is 15.3. The molecule has 16 N–H and O–H groups in total. The van der Waals surface area contributed by atoms with E-state index in [0.717, 1.165) is 86.0 Å². The van der Waals surface area contributed by atoms with Crippen molar-refractivity contribution in [3.63, 3.8) is 0 Å². The molecule has 13 rings (SSSR count). The number of rotatable bonds is 23. The normalized spacial score (nSPS) is 15.2. The maximum absolute atomic E-state index is 13.5. The summed E-state index contributed by atoms with van der Waals surface area (Å²) in [5, 5.41) is 6.65. The number of hydrogen-bond donors (Lipinski definition) is 9. The molecule has 2 aliphatic carbocycles. The van der Waals surface area contributed by atoms with E-state index in [2.05, 4.69) is 62.3 Å². The third kappa shape index (κ3) is 22.2. The zero-order chi connectivity index (χ0) is 82.8. The first kappa shape index (κ1) is 84.9. The zero-order valence-electron chi connectivity index (χ0n) is 62.4. The van der Waals surface area contributed by atoms with Gasteiger partial charge in [-0.15, -0.1) is 5.92 Å². The van der Waals surface area contributed by atoms with Gasteiger partial charge in [0, 0.05) is 90.9 Å². The van der Waals surface area contributed by atoms with Crippen LogP contribution in [0.15, 0.2) is 183 Å². The molecule has 3 aliphatic rings. The SMILES string of the molecule is CC#Cc1ccc(NCC(N)c2ccccc2)nc1C(=O)c1cccnc1N.CCC(N)(COc1ccc(C(F)(F)F)c(C(=O)c2cccnc2N)n1)c1ccccc1.Nc1ncccc1C(=O)c1nc(N2CCNC(CC3CC3)C2)ccc1C(F)(F)F.Nc1ncccc1C(=O)c1nc(OCC2(N)CCCC2)ccc1C(F)(F)F.[HH].[HH].[HH].[HH].[HH].[HH].[HH].[HH].[HH].[HH].[HH]. The summed E-state index contributed by atoms with van der Waals surface area (Å²) in [5.74, 6) is 3.63. The van der Waals surface area contributed by atoms with Crippen molar-refractivity contribution < 1.29 is 83.9 Å². The summed E-state index contributed by atoms with van der Waals surface area (Å²) < 4.78 is 132. The standard InChI is InChI=1S/C22H21F3N4O2.C22H21N5O.C20H22F3N5O.C18H19F3N4O2.11H2/c1-2-21(27,14-7-4-3-5-8-14)13-31-17-11-10-16(22(23,24)25)18(29-17)19(30)15-9-6-12-28-20(15)26;1-2-7-16-11-12-19(26-14-18(23)15-8-4-3-5-9-15)27-20(16)21(28)17-10-6-13-25-22(17)24;21-20(22,23)15-5-6-16(28-9-8-25-13(11-28)10-12-3-4-12)27-17(15)18(29)14-2-1-7-26-19(14)24;19-18(20,21)12-5-6-13(27-10-17(23)7-1-2-8-17)25-14(12)15(26)11-4-3-9-24-16(11)22;;;;;;;;;;;/h3-12H,2,13,27H2,1H3,(H2,26,28);3-6,8-13,18H,14,23H2,1H3,(H2,24,25)(H,26,27);1-2,5-7,12-13,25H,3-4,8-11H2,(H2,24,26);3-6,9H,1-2,7-8,10,23H2,(H2,22,24);11*1H. The molecule has 2 aromatic carbocycles. The van der Waals surface area contributed by atoms with Gasteiger partial charge in [-0.25, -0.2) is 39.9 Å². The van der Waals surface area contributed by atoms with Crippen LogP contribution in [0.3, 0.4) is 0 Å². The van der Waals surface area contributed by atoms with E-state index in [0.29, 0.717) is 48.8 Å². The Kier molecular flexibility index (Phi) is 27.6. The average molecular weight is 1610 g/mol. The zero-order valence-corrected chi connectivity index (χ0v) is 62.4. The molecule has 1 saturated heterocycles. The Bertz CT molecular complexity index is 5190. The van der Waals surface area contributed by atoms with Crippen LogP contribution in [0.2, 0.25) is 0 Å². The molecule has 24 nitrogen and oxygen atoms in total. The van der Waals surface area contributed by atoms with Crippen molar-refractivity contribution in [2.45, 2.75) is 107 Å². The van der Waals surface area contributed by atoms with Crippen LogP contribution in [-0.4, -0.2) is 114 Å². The number of nitrogen functional groups attached to an aromatic ring is 4. The van der Waals surface area contributed by atoms with E-state index in [1.807, 2.05) is 72.5 Å². The maximum atomic E-state index is 13.5. The molecular formula is C82H105F9N18O6. The number of anilines is 6. The quantitative estimate of drug-likeness (QED) is 0.0163. The van der Waals surface area contributed by atoms with E-state index in [9.17, 15) is 58.7 Å². The van der Waals surface area contributed by atoms with Gasteiger partial charge in [-0.05, 0) is 135 Å². The highest BCUT2D eigenvalue weighted by molar-refractivity contribution is 6.13. The second-order valence-electron chi connectivity index (χ2n) is 27.4. The van der Waals surface area contributed by atoms with Gasteiger partial charge in [0.25, 0.3) is 0 Å². The first-order valence-electron chi connectivity index (χ1n) is 36.4. The summed E-state index contributed by atoms with van der Waals surface area (Å²) in [5.41, 5.74) is 37.1. The molecule has 2 saturated carbocycles. The van der Waals surface area contributed by atoms with Gasteiger partial charge in [0.2, 0.25) is 34.9 Å². The lowest BCUT2D eigenvalue weighted by atomic mass is 9.89. The average Bonchev–Trinajstić information content (AvgIpc) is 1.72. The number of halogens is 9. The second-order valence-corrected chi connectivity index (χ2v) is 27.4. The molecule has 622 valence electrons. The number of carbonyl (C=O) groups excluding carboxylic acids is 4. The minimum atomic E-state index is -4.79. The van der Waals surface area contributed by atoms with Gasteiger partial charge in [0.15, 0.2) is 0 Å². The molecule has 3 atom stereocenters. The Morgan fingerprint density at radius 1 is 0.583 bits per heavy atom. The van der Waals surface area contributed by atoms with E-state index < -0.39 is 80.7 Å². The minimum Gasteiger partial charge on any atom is -0.476 e. The van der Waals surface area contributed by atoms with Crippen molar-refractivity contribution in [1.82, 2.24) is 45.2 Å². The highest BCUT2D eigenvalue weighted by atomic mass is 19.4. The first-order chi connectivity index (χ1) is 54.8. The summed E-state index contributed by atoms with van der Waals surface area (Å²) in [4.78, 5) is 84.8. The van der Waals surface area contributed by atoms with E-state index in [1.54, 1.807) is 31.2 Å². The molecule has 10 aromatic rings. The Labute approximate surface area is 672 Å². The van der Waals surface area contributed by atoms with Crippen molar-refractivity contribution in [3.8, 4) is 23.6 Å². The van der Waals surface area contributed by atoms with Crippen LogP contribution in [-0.2, 0) is 24.1 Å². The topological polar surface area (TPSA) is 399 Å². The van der Waals surface area contributed by atoms with Gasteiger partial charge in [-0.3, -0.25) is 19.2 Å². The summed E-state index contributed by atoms with van der Waals surface area (Å²) in [6.07, 6.45) is -1.14. The fraction of sp³-hybridized carbons (Fsp3) is 0.293. The molecule has 33 heteroatoms. The third-order valence-corrected chi connectivity index (χ3v) is 19.1. The van der Waals surface area contributed by atoms with Crippen LogP contribution in [0.4, 0.5) is 74.4 Å². The molecule has 1 aliphatic heterocycles. The van der Waals surface area contributed by atoms with Crippen molar-refractivity contribution in [1.29, 1.82) is 0 Å². The van der Waals surface area contributed by atoms with Crippen molar-refractivity contribution in [2.75, 3.05) is 72.5 Å². The Morgan fingerprint density at radius 2 is 1.03 bits per heavy atom. The molecule has 0 bridgehead atoms. The minimum absolute atomic E-state index is 0. The van der Waals surface area contributed by atoms with Gasteiger partial charge in [-0.2, -0.15) is 39.5 Å². The molecule has 0 amide bonds. The van der Waals surface area contributed by atoms with Crippen molar-refractivity contribution >= 4 is 58.0 Å². The largest absolute Gasteiger partial charge is 0.476 e. The molecule has 115 heavy (non-hydrogen) atoms. The Hall–Kier alpha value is -12.5. The second kappa shape index (κ2) is 37.4. The van der Waals surface area contributed by atoms with Crippen LogP contribution in [0, 0.1) is 17.8 Å². The smallest absolute Gasteiger partial charge is 0.418 e. The van der Waals surface area contributed by atoms with Gasteiger partial charge in [0.05, 0.1) is 55.6 Å². The van der Waals surface area contributed by atoms with Gasteiger partial charge >= 0.3 is 18.5 Å². The lowest BCUT2D eigenvalue weighted by Crippen LogP contribution is -2.51. The van der Waals surface area contributed by atoms with Gasteiger partial charge in [0.1, 0.15) is 70.9 Å². The van der Waals surface area contributed by atoms with E-state index in [1.165, 1.54) is 80.1 Å². The summed E-state index contributed by atoms with van der Waals surface area (Å²) >= 11 is 0. The predicted molar refractivity (Wildman–Crippen MR) is 438 cm³/mol. The van der Waals surface area contributed by atoms with Crippen molar-refractivity contribution in [2.24, 2.45) is 23.1 Å². The molecule has 8 aromatic heterocycles. The van der Waals surface area contributed by atoms with Crippen LogP contribution >= 0.6 is 0 Å². The lowest BCUT2D eigenvalue weighted by Gasteiger charge is -2.35. The van der Waals surface area contributed by atoms with Crippen LogP contribution in [0.5, 0.6) is 11.8 Å². The fourth-order valence-electron chi connectivity index (χ4n) is 12.6. The molecule has 9 heterocycles. The number of nitrogens with two attached hydrogens (primary N) is 7. The summed E-state index contributed by atoms with van der Waals surface area (Å²) in [6, 6.07) is 40.0. The number of benzene rings is 2. The number of ketones is 4. The molecule has 3 unspecified atom stereocenters. The van der Waals surface area contributed by atoms with E-state index in [4.69, 9.17) is 49.6 Å².